The van der Waals surface area contributed by atoms with Gasteiger partial charge < -0.3 is 19.0 Å². The van der Waals surface area contributed by atoms with Gasteiger partial charge in [-0.1, -0.05) is 0 Å². The summed E-state index contributed by atoms with van der Waals surface area (Å²) in [5, 5.41) is 0. The van der Waals surface area contributed by atoms with E-state index in [9.17, 15) is 14.0 Å². The average molecular weight is 423 g/mol. The van der Waals surface area contributed by atoms with Crippen LogP contribution in [0.4, 0.5) is 4.39 Å². The van der Waals surface area contributed by atoms with Gasteiger partial charge >= 0.3 is 0 Å². The molecule has 8 heteroatoms. The smallest absolute Gasteiger partial charge is 0.253 e. The highest BCUT2D eigenvalue weighted by atomic mass is 19.1. The number of halogens is 1. The van der Waals surface area contributed by atoms with Crippen LogP contribution in [0.2, 0.25) is 0 Å². The zero-order valence-electron chi connectivity index (χ0n) is 16.9. The molecule has 7 nitrogen and oxygen atoms in total. The second-order valence-corrected chi connectivity index (χ2v) is 7.83. The van der Waals surface area contributed by atoms with Crippen molar-refractivity contribution in [1.82, 2.24) is 14.8 Å². The fourth-order valence-corrected chi connectivity index (χ4v) is 4.07. The van der Waals surface area contributed by atoms with Gasteiger partial charge in [0.25, 0.3) is 11.8 Å². The molecule has 0 saturated carbocycles. The van der Waals surface area contributed by atoms with Crippen LogP contribution >= 0.6 is 0 Å². The molecule has 0 bridgehead atoms. The molecular formula is C23H22FN3O4. The summed E-state index contributed by atoms with van der Waals surface area (Å²) in [6.07, 6.45) is 1.38. The number of fused-ring (bicyclic) bond motifs is 1. The van der Waals surface area contributed by atoms with E-state index in [0.717, 1.165) is 12.8 Å². The lowest BCUT2D eigenvalue weighted by atomic mass is 10.1. The highest BCUT2D eigenvalue weighted by molar-refractivity contribution is 5.95. The molecule has 2 saturated heterocycles. The Kier molecular flexibility index (Phi) is 5.15. The van der Waals surface area contributed by atoms with E-state index >= 15 is 0 Å². The van der Waals surface area contributed by atoms with Crippen LogP contribution in [-0.2, 0) is 9.53 Å². The van der Waals surface area contributed by atoms with E-state index < -0.39 is 0 Å². The van der Waals surface area contributed by atoms with E-state index in [0.29, 0.717) is 60.9 Å². The minimum absolute atomic E-state index is 0.0344. The maximum atomic E-state index is 13.4. The topological polar surface area (TPSA) is 75.9 Å². The van der Waals surface area contributed by atoms with Crippen LogP contribution in [0, 0.1) is 5.82 Å². The summed E-state index contributed by atoms with van der Waals surface area (Å²) in [5.74, 6) is -0.0443. The molecule has 0 radical (unpaired) electrons. The fraction of sp³-hybridized carbons (Fsp3) is 0.348. The van der Waals surface area contributed by atoms with Crippen LogP contribution < -0.4 is 0 Å². The van der Waals surface area contributed by atoms with Crippen molar-refractivity contribution >= 4 is 22.9 Å². The van der Waals surface area contributed by atoms with Gasteiger partial charge in [0.15, 0.2) is 5.58 Å². The number of hydrogen-bond acceptors (Lipinski definition) is 5. The summed E-state index contributed by atoms with van der Waals surface area (Å²) in [4.78, 5) is 33.3. The Morgan fingerprint density at radius 2 is 1.74 bits per heavy atom. The predicted molar refractivity (Wildman–Crippen MR) is 111 cm³/mol. The van der Waals surface area contributed by atoms with E-state index in [4.69, 9.17) is 9.15 Å². The first-order valence-electron chi connectivity index (χ1n) is 10.4. The van der Waals surface area contributed by atoms with Crippen LogP contribution in [-0.4, -0.2) is 65.5 Å². The maximum absolute atomic E-state index is 13.4. The van der Waals surface area contributed by atoms with Crippen molar-refractivity contribution in [1.29, 1.82) is 0 Å². The zero-order valence-corrected chi connectivity index (χ0v) is 16.9. The van der Waals surface area contributed by atoms with Gasteiger partial charge in [-0.15, -0.1) is 0 Å². The Bertz CT molecular complexity index is 1110. The van der Waals surface area contributed by atoms with Crippen molar-refractivity contribution in [2.75, 3.05) is 32.8 Å². The van der Waals surface area contributed by atoms with E-state index in [1.54, 1.807) is 40.1 Å². The standard InChI is InChI=1S/C23H22FN3O4/c24-17-7-8-18-20(14-17)31-21(25-18)15-3-5-16(6-4-15)22(28)26-9-11-27(12-10-26)23(29)19-2-1-13-30-19/h3-8,14,19H,1-2,9-13H2/t19-/m1/s1. The van der Waals surface area contributed by atoms with Crippen LogP contribution in [0.25, 0.3) is 22.6 Å². The molecule has 2 aliphatic rings. The minimum atomic E-state index is -0.381. The number of carbonyl (C=O) groups excluding carboxylic acids is 2. The molecule has 3 aromatic rings. The lowest BCUT2D eigenvalue weighted by molar-refractivity contribution is -0.142. The minimum Gasteiger partial charge on any atom is -0.436 e. The normalized spacial score (nSPS) is 19.2. The summed E-state index contributed by atoms with van der Waals surface area (Å²) in [7, 11) is 0. The van der Waals surface area contributed by atoms with Crippen LogP contribution in [0.3, 0.4) is 0 Å². The molecule has 0 unspecified atom stereocenters. The monoisotopic (exact) mass is 423 g/mol. The number of piperazine rings is 1. The number of oxazole rings is 1. The van der Waals surface area contributed by atoms with Gasteiger partial charge in [-0.05, 0) is 49.2 Å². The van der Waals surface area contributed by atoms with Crippen molar-refractivity contribution in [3.05, 3.63) is 53.8 Å². The number of rotatable bonds is 3. The van der Waals surface area contributed by atoms with E-state index in [-0.39, 0.29) is 23.7 Å². The number of ether oxygens (including phenoxy) is 1. The first-order valence-corrected chi connectivity index (χ1v) is 10.4. The Morgan fingerprint density at radius 1 is 1.00 bits per heavy atom. The summed E-state index contributed by atoms with van der Waals surface area (Å²) in [6.45, 7) is 2.67. The summed E-state index contributed by atoms with van der Waals surface area (Å²) < 4.78 is 24.5. The number of amides is 2. The molecule has 31 heavy (non-hydrogen) atoms. The Balaban J connectivity index is 1.23. The molecule has 3 heterocycles. The molecule has 160 valence electrons. The molecule has 0 N–H and O–H groups in total. The van der Waals surface area contributed by atoms with Gasteiger partial charge in [-0.25, -0.2) is 9.37 Å². The van der Waals surface area contributed by atoms with Gasteiger partial charge in [0.2, 0.25) is 5.89 Å². The van der Waals surface area contributed by atoms with Crippen LogP contribution in [0.5, 0.6) is 0 Å². The highest BCUT2D eigenvalue weighted by Gasteiger charge is 2.31. The predicted octanol–water partition coefficient (Wildman–Crippen LogP) is 3.10. The summed E-state index contributed by atoms with van der Waals surface area (Å²) in [6, 6.07) is 11.2. The third-order valence-electron chi connectivity index (χ3n) is 5.81. The van der Waals surface area contributed by atoms with Crippen molar-refractivity contribution in [3.8, 4) is 11.5 Å². The molecule has 2 aliphatic heterocycles. The van der Waals surface area contributed by atoms with Crippen LogP contribution in [0.15, 0.2) is 46.9 Å². The third-order valence-corrected chi connectivity index (χ3v) is 5.81. The van der Waals surface area contributed by atoms with Crippen molar-refractivity contribution in [2.24, 2.45) is 0 Å². The molecule has 5 rings (SSSR count). The van der Waals surface area contributed by atoms with Crippen molar-refractivity contribution < 1.29 is 23.1 Å². The van der Waals surface area contributed by atoms with Crippen molar-refractivity contribution in [3.63, 3.8) is 0 Å². The molecule has 2 amide bonds. The third kappa shape index (κ3) is 3.90. The molecule has 0 aliphatic carbocycles. The number of carbonyl (C=O) groups is 2. The van der Waals surface area contributed by atoms with E-state index in [1.807, 2.05) is 0 Å². The molecule has 0 spiro atoms. The quantitative estimate of drug-likeness (QED) is 0.647. The van der Waals surface area contributed by atoms with Gasteiger partial charge in [0.1, 0.15) is 17.4 Å². The average Bonchev–Trinajstić information content (AvgIpc) is 3.48. The first-order chi connectivity index (χ1) is 15.1. The van der Waals surface area contributed by atoms with Crippen LogP contribution in [0.1, 0.15) is 23.2 Å². The number of nitrogens with zero attached hydrogens (tertiary/aromatic N) is 3. The molecular weight excluding hydrogens is 401 g/mol. The van der Waals surface area contributed by atoms with Gasteiger partial charge in [0, 0.05) is 50.0 Å². The Morgan fingerprint density at radius 3 is 2.45 bits per heavy atom. The Labute approximate surface area is 178 Å². The fourth-order valence-electron chi connectivity index (χ4n) is 4.07. The van der Waals surface area contributed by atoms with E-state index in [1.165, 1.54) is 12.1 Å². The highest BCUT2D eigenvalue weighted by Crippen LogP contribution is 2.25. The lowest BCUT2D eigenvalue weighted by Gasteiger charge is -2.35. The maximum Gasteiger partial charge on any atom is 0.253 e. The van der Waals surface area contributed by atoms with E-state index in [2.05, 4.69) is 4.98 Å². The zero-order chi connectivity index (χ0) is 21.4. The van der Waals surface area contributed by atoms with Gasteiger partial charge in [0.05, 0.1) is 0 Å². The summed E-state index contributed by atoms with van der Waals surface area (Å²) >= 11 is 0. The molecule has 2 fully saturated rings. The lowest BCUT2D eigenvalue weighted by Crippen LogP contribution is -2.52. The van der Waals surface area contributed by atoms with Gasteiger partial charge in [-0.3, -0.25) is 9.59 Å². The number of aromatic nitrogens is 1. The number of benzene rings is 2. The summed E-state index contributed by atoms with van der Waals surface area (Å²) in [5.41, 5.74) is 2.22. The van der Waals surface area contributed by atoms with Crippen molar-refractivity contribution in [2.45, 2.75) is 18.9 Å². The van der Waals surface area contributed by atoms with Gasteiger partial charge in [-0.2, -0.15) is 0 Å². The second kappa shape index (κ2) is 8.11. The Hall–Kier alpha value is -3.26. The second-order valence-electron chi connectivity index (χ2n) is 7.83. The molecule has 1 atom stereocenters. The first kappa shape index (κ1) is 19.7. The number of hydrogen-bond donors (Lipinski definition) is 0. The molecule has 2 aromatic carbocycles. The largest absolute Gasteiger partial charge is 0.436 e. The molecule has 1 aromatic heterocycles. The SMILES string of the molecule is O=C(c1ccc(-c2nc3ccc(F)cc3o2)cc1)N1CCN(C(=O)[C@H]2CCCO2)CC1.